The van der Waals surface area contributed by atoms with Gasteiger partial charge in [0.05, 0.1) is 12.0 Å². The Bertz CT molecular complexity index is 210. The summed E-state index contributed by atoms with van der Waals surface area (Å²) in [6.45, 7) is 3.89. The summed E-state index contributed by atoms with van der Waals surface area (Å²) in [5.41, 5.74) is -0.437. The van der Waals surface area contributed by atoms with Gasteiger partial charge in [0.25, 0.3) is 0 Å². The predicted octanol–water partition coefficient (Wildman–Crippen LogP) is 0.218. The van der Waals surface area contributed by atoms with Gasteiger partial charge in [0.2, 0.25) is 5.91 Å². The van der Waals surface area contributed by atoms with Crippen molar-refractivity contribution in [3.05, 3.63) is 0 Å². The highest BCUT2D eigenvalue weighted by Gasteiger charge is 2.25. The van der Waals surface area contributed by atoms with Crippen LogP contribution in [0.15, 0.2) is 0 Å². The largest absolute Gasteiger partial charge is 0.463 e. The van der Waals surface area contributed by atoms with E-state index in [0.717, 1.165) is 0 Å². The molecule has 0 spiro atoms. The van der Waals surface area contributed by atoms with Gasteiger partial charge in [-0.25, -0.2) is 0 Å². The molecule has 0 atom stereocenters. The highest BCUT2D eigenvalue weighted by atomic mass is 16.5. The third-order valence-electron chi connectivity index (χ3n) is 1.63. The van der Waals surface area contributed by atoms with Crippen molar-refractivity contribution in [1.29, 1.82) is 0 Å². The molecule has 0 aromatic carbocycles. The smallest absolute Gasteiger partial charge is 0.306 e. The number of ether oxygens (including phenoxy) is 1. The van der Waals surface area contributed by atoms with Crippen LogP contribution in [0.1, 0.15) is 26.7 Å². The number of rotatable bonds is 0. The van der Waals surface area contributed by atoms with Crippen molar-refractivity contribution in [2.24, 2.45) is 0 Å². The monoisotopic (exact) mass is 171 g/mol. The van der Waals surface area contributed by atoms with Crippen LogP contribution in [0.4, 0.5) is 0 Å². The maximum Gasteiger partial charge on any atom is 0.306 e. The van der Waals surface area contributed by atoms with Crippen LogP contribution < -0.4 is 5.32 Å². The van der Waals surface area contributed by atoms with Crippen LogP contribution >= 0.6 is 0 Å². The van der Waals surface area contributed by atoms with E-state index in [4.69, 9.17) is 4.74 Å². The lowest BCUT2D eigenvalue weighted by Gasteiger charge is -2.27. The molecule has 1 N–H and O–H groups in total. The first-order valence-electron chi connectivity index (χ1n) is 3.96. The zero-order valence-corrected chi connectivity index (χ0v) is 7.35. The van der Waals surface area contributed by atoms with Crippen LogP contribution in [0.2, 0.25) is 0 Å². The second-order valence-electron chi connectivity index (χ2n) is 3.59. The summed E-state index contributed by atoms with van der Waals surface area (Å²) in [7, 11) is 0. The molecule has 12 heavy (non-hydrogen) atoms. The first kappa shape index (κ1) is 9.03. The zero-order valence-electron chi connectivity index (χ0n) is 7.35. The van der Waals surface area contributed by atoms with Crippen LogP contribution in [-0.4, -0.2) is 24.0 Å². The highest BCUT2D eigenvalue weighted by Crippen LogP contribution is 2.08. The standard InChI is InChI=1S/C8H13NO3/c1-8(2)5-12-7(11)4-3-6(10)9-8/h3-5H2,1-2H3,(H,9,10). The molecule has 1 amide bonds. The fourth-order valence-electron chi connectivity index (χ4n) is 1.02. The summed E-state index contributed by atoms with van der Waals surface area (Å²) in [5.74, 6) is -0.380. The Morgan fingerprint density at radius 3 is 2.67 bits per heavy atom. The summed E-state index contributed by atoms with van der Waals surface area (Å²) in [6.07, 6.45) is 0.407. The van der Waals surface area contributed by atoms with Crippen LogP contribution in [0.3, 0.4) is 0 Å². The van der Waals surface area contributed by atoms with Gasteiger partial charge in [0.15, 0.2) is 0 Å². The normalized spacial score (nSPS) is 23.5. The Balaban J connectivity index is 2.61. The van der Waals surface area contributed by atoms with Gasteiger partial charge >= 0.3 is 5.97 Å². The van der Waals surface area contributed by atoms with Gasteiger partial charge in [0.1, 0.15) is 6.61 Å². The van der Waals surface area contributed by atoms with Crippen molar-refractivity contribution in [2.45, 2.75) is 32.2 Å². The lowest BCUT2D eigenvalue weighted by molar-refractivity contribution is -0.149. The number of cyclic esters (lactones) is 1. The van der Waals surface area contributed by atoms with E-state index in [2.05, 4.69) is 5.32 Å². The van der Waals surface area contributed by atoms with Crippen molar-refractivity contribution >= 4 is 11.9 Å². The van der Waals surface area contributed by atoms with Gasteiger partial charge in [-0.15, -0.1) is 0 Å². The minimum absolute atomic E-state index is 0.0864. The third-order valence-corrected chi connectivity index (χ3v) is 1.63. The van der Waals surface area contributed by atoms with Crippen LogP contribution in [0.5, 0.6) is 0 Å². The molecule has 0 aliphatic carbocycles. The Labute approximate surface area is 71.3 Å². The summed E-state index contributed by atoms with van der Waals surface area (Å²) in [5, 5.41) is 2.76. The summed E-state index contributed by atoms with van der Waals surface area (Å²) in [6, 6.07) is 0. The Hall–Kier alpha value is -1.06. The van der Waals surface area contributed by atoms with Crippen molar-refractivity contribution in [3.63, 3.8) is 0 Å². The van der Waals surface area contributed by atoms with E-state index in [0.29, 0.717) is 0 Å². The second kappa shape index (κ2) is 3.13. The molecular weight excluding hydrogens is 158 g/mol. The molecule has 0 saturated carbocycles. The molecule has 4 heteroatoms. The number of amides is 1. The molecule has 1 aliphatic rings. The minimum Gasteiger partial charge on any atom is -0.463 e. The molecule has 0 bridgehead atoms. The van der Waals surface area contributed by atoms with Gasteiger partial charge in [-0.05, 0) is 13.8 Å². The summed E-state index contributed by atoms with van der Waals surface area (Å²) < 4.78 is 4.89. The van der Waals surface area contributed by atoms with E-state index in [1.807, 2.05) is 13.8 Å². The SMILES string of the molecule is CC1(C)COC(=O)CCC(=O)N1. The fraction of sp³-hybridized carbons (Fsp3) is 0.750. The van der Waals surface area contributed by atoms with Gasteiger partial charge in [-0.1, -0.05) is 0 Å². The number of nitrogens with one attached hydrogen (secondary N) is 1. The average molecular weight is 171 g/mol. The molecule has 0 aromatic heterocycles. The number of carbonyl (C=O) groups excluding carboxylic acids is 2. The first-order valence-corrected chi connectivity index (χ1v) is 3.96. The van der Waals surface area contributed by atoms with Crippen LogP contribution in [0.25, 0.3) is 0 Å². The lowest BCUT2D eigenvalue weighted by Crippen LogP contribution is -2.48. The number of hydrogen-bond acceptors (Lipinski definition) is 3. The Kier molecular flexibility index (Phi) is 2.35. The maximum atomic E-state index is 11.1. The Morgan fingerprint density at radius 2 is 2.00 bits per heavy atom. The topological polar surface area (TPSA) is 55.4 Å². The second-order valence-corrected chi connectivity index (χ2v) is 3.59. The molecule has 1 rings (SSSR count). The van der Waals surface area contributed by atoms with Crippen molar-refractivity contribution in [3.8, 4) is 0 Å². The third kappa shape index (κ3) is 2.53. The quantitative estimate of drug-likeness (QED) is 0.530. The first-order chi connectivity index (χ1) is 5.49. The molecule has 1 saturated heterocycles. The van der Waals surface area contributed by atoms with Crippen molar-refractivity contribution in [1.82, 2.24) is 5.32 Å². The molecule has 1 fully saturated rings. The predicted molar refractivity (Wildman–Crippen MR) is 42.4 cm³/mol. The van der Waals surface area contributed by atoms with E-state index < -0.39 is 5.54 Å². The van der Waals surface area contributed by atoms with Gasteiger partial charge in [0, 0.05) is 6.42 Å². The molecule has 0 aromatic rings. The van der Waals surface area contributed by atoms with Gasteiger partial charge in [-0.2, -0.15) is 0 Å². The summed E-state index contributed by atoms with van der Waals surface area (Å²) in [4.78, 5) is 21.9. The lowest BCUT2D eigenvalue weighted by atomic mass is 10.1. The van der Waals surface area contributed by atoms with Crippen LogP contribution in [-0.2, 0) is 14.3 Å². The maximum absolute atomic E-state index is 11.1. The van der Waals surface area contributed by atoms with E-state index >= 15 is 0 Å². The molecule has 68 valence electrons. The molecule has 0 radical (unpaired) electrons. The molecule has 1 heterocycles. The fourth-order valence-corrected chi connectivity index (χ4v) is 1.02. The van der Waals surface area contributed by atoms with Gasteiger partial charge < -0.3 is 10.1 Å². The molecule has 0 unspecified atom stereocenters. The van der Waals surface area contributed by atoms with E-state index in [-0.39, 0.29) is 31.3 Å². The zero-order chi connectivity index (χ0) is 9.19. The number of hydrogen-bond donors (Lipinski definition) is 1. The number of esters is 1. The Morgan fingerprint density at radius 1 is 1.33 bits per heavy atom. The average Bonchev–Trinajstić information content (AvgIpc) is 1.95. The molecule has 4 nitrogen and oxygen atoms in total. The van der Waals surface area contributed by atoms with E-state index in [1.54, 1.807) is 0 Å². The number of carbonyl (C=O) groups is 2. The van der Waals surface area contributed by atoms with Crippen molar-refractivity contribution < 1.29 is 14.3 Å². The molecule has 1 aliphatic heterocycles. The van der Waals surface area contributed by atoms with Crippen LogP contribution in [0, 0.1) is 0 Å². The van der Waals surface area contributed by atoms with E-state index in [9.17, 15) is 9.59 Å². The molecular formula is C8H13NO3. The van der Waals surface area contributed by atoms with Crippen molar-refractivity contribution in [2.75, 3.05) is 6.61 Å². The summed E-state index contributed by atoms with van der Waals surface area (Å²) >= 11 is 0. The minimum atomic E-state index is -0.437. The van der Waals surface area contributed by atoms with Gasteiger partial charge in [-0.3, -0.25) is 9.59 Å². The highest BCUT2D eigenvalue weighted by molar-refractivity contribution is 5.82. The van der Waals surface area contributed by atoms with E-state index in [1.165, 1.54) is 0 Å².